The fourth-order valence-electron chi connectivity index (χ4n) is 3.12. The lowest BCUT2D eigenvalue weighted by molar-refractivity contribution is 0.0346. The molecule has 1 aromatic rings. The average molecular weight is 420 g/mol. The van der Waals surface area contributed by atoms with E-state index in [1.807, 2.05) is 55.2 Å². The number of benzene rings is 1. The zero-order valence-electron chi connectivity index (χ0n) is 19.9. The van der Waals surface area contributed by atoms with Gasteiger partial charge in [0, 0.05) is 6.54 Å². The Kier molecular flexibility index (Phi) is 9.63. The van der Waals surface area contributed by atoms with Crippen molar-refractivity contribution >= 4 is 14.4 Å². The van der Waals surface area contributed by atoms with E-state index in [-0.39, 0.29) is 29.2 Å². The SMILES string of the molecule is C/C=C/[C@@H](O[Si](C)(C)C(C)(C)C)[C@@H](C(C)C)N(Cc1ccccc1)C(=O)OCC. The van der Waals surface area contributed by atoms with Gasteiger partial charge in [-0.3, -0.25) is 4.90 Å². The molecule has 0 aromatic heterocycles. The minimum absolute atomic E-state index is 0.0859. The molecule has 2 atom stereocenters. The van der Waals surface area contributed by atoms with Gasteiger partial charge in [-0.25, -0.2) is 4.79 Å². The predicted octanol–water partition coefficient (Wildman–Crippen LogP) is 6.64. The van der Waals surface area contributed by atoms with E-state index in [1.54, 1.807) is 0 Å². The first kappa shape index (κ1) is 25.4. The second-order valence-corrected chi connectivity index (χ2v) is 14.2. The number of rotatable bonds is 9. The maximum absolute atomic E-state index is 13.0. The largest absolute Gasteiger partial charge is 0.450 e. The number of amides is 1. The smallest absolute Gasteiger partial charge is 0.410 e. The molecule has 0 radical (unpaired) electrons. The lowest BCUT2D eigenvalue weighted by Gasteiger charge is -2.44. The van der Waals surface area contributed by atoms with Crippen LogP contribution in [0.15, 0.2) is 42.5 Å². The van der Waals surface area contributed by atoms with Crippen molar-refractivity contribution in [2.75, 3.05) is 6.61 Å². The number of allylic oxidation sites excluding steroid dienone is 1. The van der Waals surface area contributed by atoms with Crippen LogP contribution in [0.4, 0.5) is 4.79 Å². The Bertz CT molecular complexity index is 650. The van der Waals surface area contributed by atoms with Crippen LogP contribution in [-0.2, 0) is 15.7 Å². The average Bonchev–Trinajstić information content (AvgIpc) is 2.60. The maximum Gasteiger partial charge on any atom is 0.410 e. The summed E-state index contributed by atoms with van der Waals surface area (Å²) in [6.07, 6.45) is 3.65. The van der Waals surface area contributed by atoms with Crippen molar-refractivity contribution in [2.24, 2.45) is 5.92 Å². The fourth-order valence-corrected chi connectivity index (χ4v) is 4.38. The Morgan fingerprint density at radius 1 is 1.17 bits per heavy atom. The van der Waals surface area contributed by atoms with Crippen LogP contribution in [0, 0.1) is 5.92 Å². The molecule has 0 aliphatic carbocycles. The molecule has 0 heterocycles. The van der Waals surface area contributed by atoms with Crippen molar-refractivity contribution in [3.05, 3.63) is 48.0 Å². The van der Waals surface area contributed by atoms with E-state index in [2.05, 4.69) is 53.8 Å². The topological polar surface area (TPSA) is 38.8 Å². The molecule has 0 saturated heterocycles. The molecular weight excluding hydrogens is 378 g/mol. The predicted molar refractivity (Wildman–Crippen MR) is 125 cm³/mol. The molecule has 164 valence electrons. The van der Waals surface area contributed by atoms with Crippen LogP contribution in [0.25, 0.3) is 0 Å². The summed E-state index contributed by atoms with van der Waals surface area (Å²) < 4.78 is 12.3. The Labute approximate surface area is 179 Å². The quantitative estimate of drug-likeness (QED) is 0.333. The Hall–Kier alpha value is -1.59. The summed E-state index contributed by atoms with van der Waals surface area (Å²) in [5.74, 6) is 0.203. The van der Waals surface area contributed by atoms with E-state index in [0.29, 0.717) is 13.2 Å². The van der Waals surface area contributed by atoms with E-state index in [1.165, 1.54) is 0 Å². The maximum atomic E-state index is 13.0. The van der Waals surface area contributed by atoms with Gasteiger partial charge in [0.25, 0.3) is 0 Å². The highest BCUT2D eigenvalue weighted by molar-refractivity contribution is 6.74. The van der Waals surface area contributed by atoms with Crippen LogP contribution in [0.1, 0.15) is 54.0 Å². The van der Waals surface area contributed by atoms with Gasteiger partial charge in [-0.2, -0.15) is 0 Å². The fraction of sp³-hybridized carbons (Fsp3) is 0.625. The molecule has 0 fully saturated rings. The molecule has 0 N–H and O–H groups in total. The van der Waals surface area contributed by atoms with Crippen molar-refractivity contribution < 1.29 is 14.0 Å². The highest BCUT2D eigenvalue weighted by Gasteiger charge is 2.42. The van der Waals surface area contributed by atoms with Crippen LogP contribution in [0.3, 0.4) is 0 Å². The minimum atomic E-state index is -2.04. The molecular formula is C24H41NO3Si. The van der Waals surface area contributed by atoms with Gasteiger partial charge in [-0.15, -0.1) is 0 Å². The van der Waals surface area contributed by atoms with Crippen molar-refractivity contribution in [2.45, 2.75) is 85.3 Å². The van der Waals surface area contributed by atoms with E-state index in [9.17, 15) is 4.79 Å². The Morgan fingerprint density at radius 2 is 1.76 bits per heavy atom. The lowest BCUT2D eigenvalue weighted by Crippen LogP contribution is -2.54. The van der Waals surface area contributed by atoms with Crippen LogP contribution in [0.5, 0.6) is 0 Å². The second-order valence-electron chi connectivity index (χ2n) is 9.42. The third kappa shape index (κ3) is 7.30. The molecule has 4 nitrogen and oxygen atoms in total. The third-order valence-electron chi connectivity index (χ3n) is 5.70. The molecule has 29 heavy (non-hydrogen) atoms. The molecule has 1 amide bonds. The first-order valence-corrected chi connectivity index (χ1v) is 13.6. The lowest BCUT2D eigenvalue weighted by atomic mass is 9.96. The number of hydrogen-bond acceptors (Lipinski definition) is 3. The molecule has 0 spiro atoms. The van der Waals surface area contributed by atoms with Crippen molar-refractivity contribution in [1.29, 1.82) is 0 Å². The van der Waals surface area contributed by atoms with E-state index in [0.717, 1.165) is 5.56 Å². The van der Waals surface area contributed by atoms with E-state index in [4.69, 9.17) is 9.16 Å². The zero-order valence-corrected chi connectivity index (χ0v) is 20.9. The number of hydrogen-bond donors (Lipinski definition) is 0. The van der Waals surface area contributed by atoms with Gasteiger partial charge >= 0.3 is 6.09 Å². The number of carbonyl (C=O) groups is 1. The summed E-state index contributed by atoms with van der Waals surface area (Å²) in [6, 6.07) is 9.95. The van der Waals surface area contributed by atoms with E-state index >= 15 is 0 Å². The summed E-state index contributed by atoms with van der Waals surface area (Å²) in [6.45, 7) is 20.2. The van der Waals surface area contributed by atoms with Gasteiger partial charge < -0.3 is 9.16 Å². The zero-order chi connectivity index (χ0) is 22.2. The minimum Gasteiger partial charge on any atom is -0.450 e. The third-order valence-corrected chi connectivity index (χ3v) is 10.2. The standard InChI is InChI=1S/C24H41NO3Si/c1-10-15-21(28-29(8,9)24(5,6)7)22(19(3)4)25(23(26)27-11-2)18-20-16-13-12-14-17-20/h10,12-17,19,21-22H,11,18H2,1-9H3/b15-10+/t21-,22-/m1/s1. The van der Waals surface area contributed by atoms with Gasteiger partial charge in [0.15, 0.2) is 8.32 Å². The van der Waals surface area contributed by atoms with Crippen LogP contribution < -0.4 is 0 Å². The Balaban J connectivity index is 3.35. The summed E-state index contributed by atoms with van der Waals surface area (Å²) in [5, 5.41) is 0.0859. The summed E-state index contributed by atoms with van der Waals surface area (Å²) in [7, 11) is -2.04. The highest BCUT2D eigenvalue weighted by Crippen LogP contribution is 2.38. The van der Waals surface area contributed by atoms with Crippen LogP contribution in [-0.4, -0.2) is 38.1 Å². The van der Waals surface area contributed by atoms with Crippen molar-refractivity contribution in [1.82, 2.24) is 4.90 Å². The second kappa shape index (κ2) is 11.0. The molecule has 0 saturated carbocycles. The molecule has 5 heteroatoms. The summed E-state index contributed by atoms with van der Waals surface area (Å²) in [4.78, 5) is 14.8. The van der Waals surface area contributed by atoms with Crippen molar-refractivity contribution in [3.63, 3.8) is 0 Å². The summed E-state index contributed by atoms with van der Waals surface area (Å²) >= 11 is 0. The molecule has 1 aromatic carbocycles. The van der Waals surface area contributed by atoms with Crippen LogP contribution in [0.2, 0.25) is 18.1 Å². The molecule has 0 unspecified atom stereocenters. The van der Waals surface area contributed by atoms with Gasteiger partial charge in [-0.1, -0.05) is 77.1 Å². The number of nitrogens with zero attached hydrogens (tertiary/aromatic N) is 1. The monoisotopic (exact) mass is 419 g/mol. The molecule has 0 aliphatic heterocycles. The summed E-state index contributed by atoms with van der Waals surface area (Å²) in [5.41, 5.74) is 1.08. The number of carbonyl (C=O) groups excluding carboxylic acids is 1. The highest BCUT2D eigenvalue weighted by atomic mass is 28.4. The van der Waals surface area contributed by atoms with Gasteiger partial charge in [-0.05, 0) is 43.5 Å². The first-order chi connectivity index (χ1) is 13.4. The first-order valence-electron chi connectivity index (χ1n) is 10.7. The number of ether oxygens (including phenoxy) is 1. The van der Waals surface area contributed by atoms with Crippen molar-refractivity contribution in [3.8, 4) is 0 Å². The molecule has 1 rings (SSSR count). The molecule has 0 bridgehead atoms. The van der Waals surface area contributed by atoms with Gasteiger partial charge in [0.05, 0.1) is 18.8 Å². The van der Waals surface area contributed by atoms with Gasteiger partial charge in [0.1, 0.15) is 0 Å². The van der Waals surface area contributed by atoms with E-state index < -0.39 is 8.32 Å². The molecule has 0 aliphatic rings. The normalized spacial score (nSPS) is 14.8. The van der Waals surface area contributed by atoms with Gasteiger partial charge in [0.2, 0.25) is 0 Å². The van der Waals surface area contributed by atoms with Crippen LogP contribution >= 0.6 is 0 Å². The Morgan fingerprint density at radius 3 is 2.21 bits per heavy atom.